The Morgan fingerprint density at radius 1 is 1.44 bits per heavy atom. The van der Waals surface area contributed by atoms with Gasteiger partial charge in [0.1, 0.15) is 6.61 Å². The molecular formula is C14H20N2O2. The Morgan fingerprint density at radius 3 is 2.83 bits per heavy atom. The van der Waals surface area contributed by atoms with Crippen molar-refractivity contribution >= 4 is 5.91 Å². The maximum absolute atomic E-state index is 12.0. The van der Waals surface area contributed by atoms with Crippen molar-refractivity contribution in [1.82, 2.24) is 10.2 Å². The number of ether oxygens (including phenoxy) is 1. The number of methoxy groups -OCH3 is 1. The van der Waals surface area contributed by atoms with Crippen molar-refractivity contribution in [3.63, 3.8) is 0 Å². The summed E-state index contributed by atoms with van der Waals surface area (Å²) in [6, 6.07) is 10.7. The van der Waals surface area contributed by atoms with Crippen LogP contribution in [0, 0.1) is 0 Å². The molecule has 1 heterocycles. The third-order valence-electron chi connectivity index (χ3n) is 3.36. The Bertz CT molecular complexity index is 394. The van der Waals surface area contributed by atoms with Gasteiger partial charge in [-0.25, -0.2) is 0 Å². The van der Waals surface area contributed by atoms with Crippen molar-refractivity contribution in [3.8, 4) is 0 Å². The lowest BCUT2D eigenvalue weighted by Gasteiger charge is -2.39. The van der Waals surface area contributed by atoms with Crippen LogP contribution < -0.4 is 5.32 Å². The highest BCUT2D eigenvalue weighted by Crippen LogP contribution is 2.19. The summed E-state index contributed by atoms with van der Waals surface area (Å²) in [6.07, 6.45) is 0. The smallest absolute Gasteiger partial charge is 0.248 e. The summed E-state index contributed by atoms with van der Waals surface area (Å²) in [4.78, 5) is 13.9. The minimum atomic E-state index is 0.0624. The molecule has 1 fully saturated rings. The van der Waals surface area contributed by atoms with E-state index in [1.54, 1.807) is 7.11 Å². The van der Waals surface area contributed by atoms with Crippen molar-refractivity contribution in [2.75, 3.05) is 26.8 Å². The highest BCUT2D eigenvalue weighted by Gasteiger charge is 2.28. The molecule has 0 saturated carbocycles. The van der Waals surface area contributed by atoms with E-state index >= 15 is 0 Å². The zero-order valence-corrected chi connectivity index (χ0v) is 10.9. The number of benzene rings is 1. The summed E-state index contributed by atoms with van der Waals surface area (Å²) >= 11 is 0. The summed E-state index contributed by atoms with van der Waals surface area (Å²) in [5.41, 5.74) is 1.22. The Labute approximate surface area is 108 Å². The standard InChI is InChI=1S/C14H20N2O2/c1-11-8-15-13(12-6-4-3-5-7-12)9-16(11)14(17)10-18-2/h3-7,11,13,15H,8-10H2,1-2H3. The molecule has 1 saturated heterocycles. The number of piperazine rings is 1. The van der Waals surface area contributed by atoms with Gasteiger partial charge < -0.3 is 15.0 Å². The predicted molar refractivity (Wildman–Crippen MR) is 70.2 cm³/mol. The number of rotatable bonds is 3. The molecule has 0 aromatic heterocycles. The van der Waals surface area contributed by atoms with Gasteiger partial charge in [-0.1, -0.05) is 30.3 Å². The summed E-state index contributed by atoms with van der Waals surface area (Å²) in [7, 11) is 1.56. The van der Waals surface area contributed by atoms with Crippen molar-refractivity contribution < 1.29 is 9.53 Å². The zero-order valence-electron chi connectivity index (χ0n) is 10.9. The summed E-state index contributed by atoms with van der Waals surface area (Å²) in [5, 5.41) is 3.48. The van der Waals surface area contributed by atoms with Crippen LogP contribution >= 0.6 is 0 Å². The number of carbonyl (C=O) groups is 1. The maximum atomic E-state index is 12.0. The Balaban J connectivity index is 2.07. The molecule has 0 spiro atoms. The third kappa shape index (κ3) is 2.89. The molecule has 0 radical (unpaired) electrons. The molecule has 0 bridgehead atoms. The van der Waals surface area contributed by atoms with Crippen LogP contribution in [0.2, 0.25) is 0 Å². The second-order valence-corrected chi connectivity index (χ2v) is 4.70. The van der Waals surface area contributed by atoms with Gasteiger partial charge in [-0.15, -0.1) is 0 Å². The normalized spacial score (nSPS) is 24.0. The van der Waals surface area contributed by atoms with E-state index in [0.717, 1.165) is 6.54 Å². The number of amides is 1. The van der Waals surface area contributed by atoms with Gasteiger partial charge in [-0.2, -0.15) is 0 Å². The van der Waals surface area contributed by atoms with Crippen LogP contribution in [0.1, 0.15) is 18.5 Å². The van der Waals surface area contributed by atoms with Crippen molar-refractivity contribution in [3.05, 3.63) is 35.9 Å². The molecule has 98 valence electrons. The summed E-state index contributed by atoms with van der Waals surface area (Å²) < 4.78 is 4.93. The van der Waals surface area contributed by atoms with E-state index in [0.29, 0.717) is 6.54 Å². The van der Waals surface area contributed by atoms with E-state index in [-0.39, 0.29) is 24.6 Å². The average Bonchev–Trinajstić information content (AvgIpc) is 2.40. The molecule has 4 nitrogen and oxygen atoms in total. The summed E-state index contributed by atoms with van der Waals surface area (Å²) in [6.45, 7) is 3.73. The molecular weight excluding hydrogens is 228 g/mol. The lowest BCUT2D eigenvalue weighted by Crippen LogP contribution is -2.54. The second-order valence-electron chi connectivity index (χ2n) is 4.70. The van der Waals surface area contributed by atoms with Crippen molar-refractivity contribution in [1.29, 1.82) is 0 Å². The Morgan fingerprint density at radius 2 is 2.17 bits per heavy atom. The average molecular weight is 248 g/mol. The van der Waals surface area contributed by atoms with Crippen LogP contribution in [0.5, 0.6) is 0 Å². The van der Waals surface area contributed by atoms with Crippen LogP contribution in [0.4, 0.5) is 0 Å². The fourth-order valence-electron chi connectivity index (χ4n) is 2.33. The van der Waals surface area contributed by atoms with Gasteiger partial charge in [-0.05, 0) is 12.5 Å². The quantitative estimate of drug-likeness (QED) is 0.873. The lowest BCUT2D eigenvalue weighted by atomic mass is 10.0. The molecule has 2 unspecified atom stereocenters. The molecule has 1 amide bonds. The molecule has 1 aromatic carbocycles. The van der Waals surface area contributed by atoms with Gasteiger partial charge >= 0.3 is 0 Å². The van der Waals surface area contributed by atoms with Crippen LogP contribution in [0.15, 0.2) is 30.3 Å². The van der Waals surface area contributed by atoms with E-state index in [2.05, 4.69) is 24.4 Å². The monoisotopic (exact) mass is 248 g/mol. The van der Waals surface area contributed by atoms with Crippen molar-refractivity contribution in [2.24, 2.45) is 0 Å². The minimum absolute atomic E-state index is 0.0624. The molecule has 2 atom stereocenters. The van der Waals surface area contributed by atoms with E-state index in [1.165, 1.54) is 5.56 Å². The highest BCUT2D eigenvalue weighted by molar-refractivity contribution is 5.78. The fraction of sp³-hybridized carbons (Fsp3) is 0.500. The fourth-order valence-corrected chi connectivity index (χ4v) is 2.33. The van der Waals surface area contributed by atoms with Crippen LogP contribution in [0.25, 0.3) is 0 Å². The summed E-state index contributed by atoms with van der Waals surface area (Å²) in [5.74, 6) is 0.0624. The molecule has 4 heteroatoms. The molecule has 1 aliphatic heterocycles. The first kappa shape index (κ1) is 13.1. The number of hydrogen-bond acceptors (Lipinski definition) is 3. The molecule has 1 aliphatic rings. The molecule has 0 aliphatic carbocycles. The van der Waals surface area contributed by atoms with Gasteiger partial charge in [0.15, 0.2) is 0 Å². The SMILES string of the molecule is COCC(=O)N1CC(c2ccccc2)NCC1C. The Hall–Kier alpha value is -1.39. The molecule has 1 aromatic rings. The van der Waals surface area contributed by atoms with Crippen LogP contribution in [0.3, 0.4) is 0 Å². The lowest BCUT2D eigenvalue weighted by molar-refractivity contribution is -0.138. The van der Waals surface area contributed by atoms with Crippen LogP contribution in [-0.2, 0) is 9.53 Å². The first-order chi connectivity index (χ1) is 8.72. The zero-order chi connectivity index (χ0) is 13.0. The number of nitrogens with one attached hydrogen (secondary N) is 1. The number of hydrogen-bond donors (Lipinski definition) is 1. The number of nitrogens with zero attached hydrogens (tertiary/aromatic N) is 1. The molecule has 18 heavy (non-hydrogen) atoms. The minimum Gasteiger partial charge on any atom is -0.375 e. The topological polar surface area (TPSA) is 41.6 Å². The molecule has 1 N–H and O–H groups in total. The predicted octanol–water partition coefficient (Wildman–Crippen LogP) is 1.19. The van der Waals surface area contributed by atoms with E-state index in [9.17, 15) is 4.79 Å². The van der Waals surface area contributed by atoms with Gasteiger partial charge in [0.25, 0.3) is 0 Å². The van der Waals surface area contributed by atoms with Crippen LogP contribution in [-0.4, -0.2) is 43.7 Å². The first-order valence-corrected chi connectivity index (χ1v) is 6.29. The maximum Gasteiger partial charge on any atom is 0.248 e. The highest BCUT2D eigenvalue weighted by atomic mass is 16.5. The van der Waals surface area contributed by atoms with E-state index in [4.69, 9.17) is 4.74 Å². The molecule has 2 rings (SSSR count). The van der Waals surface area contributed by atoms with Crippen molar-refractivity contribution in [2.45, 2.75) is 19.0 Å². The number of carbonyl (C=O) groups excluding carboxylic acids is 1. The van der Waals surface area contributed by atoms with Gasteiger partial charge in [0.2, 0.25) is 5.91 Å². The van der Waals surface area contributed by atoms with Gasteiger partial charge in [0, 0.05) is 32.3 Å². The van der Waals surface area contributed by atoms with Gasteiger partial charge in [0.05, 0.1) is 0 Å². The third-order valence-corrected chi connectivity index (χ3v) is 3.36. The van der Waals surface area contributed by atoms with Gasteiger partial charge in [-0.3, -0.25) is 4.79 Å². The largest absolute Gasteiger partial charge is 0.375 e. The van der Waals surface area contributed by atoms with E-state index in [1.807, 2.05) is 23.1 Å². The first-order valence-electron chi connectivity index (χ1n) is 6.29. The second kappa shape index (κ2) is 5.98. The Kier molecular flexibility index (Phi) is 4.33. The van der Waals surface area contributed by atoms with E-state index < -0.39 is 0 Å².